The van der Waals surface area contributed by atoms with Crippen molar-refractivity contribution in [2.24, 2.45) is 5.92 Å². The number of nitrogens with zero attached hydrogens (tertiary/aromatic N) is 1. The van der Waals surface area contributed by atoms with E-state index in [0.717, 1.165) is 12.3 Å². The lowest BCUT2D eigenvalue weighted by Crippen LogP contribution is -2.39. The van der Waals surface area contributed by atoms with Crippen molar-refractivity contribution in [2.75, 3.05) is 14.1 Å². The molecule has 0 bridgehead atoms. The third kappa shape index (κ3) is 2.31. The number of carbonyl (C=O) groups excluding carboxylic acids is 1. The number of Topliss-reactive ketones (excluding diaryl/α,β-unsaturated/α-hetero) is 1. The van der Waals surface area contributed by atoms with E-state index in [4.69, 9.17) is 0 Å². The topological polar surface area (TPSA) is 20.3 Å². The molecule has 1 saturated carbocycles. The molecule has 1 unspecified atom stereocenters. The third-order valence-electron chi connectivity index (χ3n) is 2.85. The Kier molecular flexibility index (Phi) is 3.27. The van der Waals surface area contributed by atoms with Crippen molar-refractivity contribution in [3.8, 4) is 0 Å². The molecule has 1 atom stereocenters. The number of hydrogen-bond donors (Lipinski definition) is 0. The third-order valence-corrected chi connectivity index (χ3v) is 2.85. The van der Waals surface area contributed by atoms with Gasteiger partial charge in [0.05, 0.1) is 0 Å². The summed E-state index contributed by atoms with van der Waals surface area (Å²) in [6, 6.07) is 0.497. The van der Waals surface area contributed by atoms with Crippen molar-refractivity contribution in [3.63, 3.8) is 0 Å². The van der Waals surface area contributed by atoms with Crippen LogP contribution in [0.4, 0.5) is 0 Å². The maximum Gasteiger partial charge on any atom is 0.131 e. The molecule has 0 spiro atoms. The predicted molar refractivity (Wildman–Crippen MR) is 50.1 cm³/mol. The minimum absolute atomic E-state index is 0.320. The van der Waals surface area contributed by atoms with Crippen molar-refractivity contribution < 1.29 is 4.79 Å². The normalized spacial score (nSPS) is 20.7. The maximum atomic E-state index is 11.0. The smallest absolute Gasteiger partial charge is 0.131 e. The fraction of sp³-hybridized carbons (Fsp3) is 0.900. The van der Waals surface area contributed by atoms with Crippen molar-refractivity contribution in [1.29, 1.82) is 0 Å². The van der Waals surface area contributed by atoms with E-state index in [0.29, 0.717) is 11.8 Å². The first-order valence-corrected chi connectivity index (χ1v) is 4.77. The van der Waals surface area contributed by atoms with E-state index in [2.05, 4.69) is 19.0 Å². The van der Waals surface area contributed by atoms with Gasteiger partial charge < -0.3 is 4.90 Å². The van der Waals surface area contributed by atoms with Crippen molar-refractivity contribution in [1.82, 2.24) is 4.90 Å². The van der Waals surface area contributed by atoms with Gasteiger partial charge in [0, 0.05) is 12.5 Å². The number of hydrogen-bond acceptors (Lipinski definition) is 2. The highest BCUT2D eigenvalue weighted by molar-refractivity contribution is 5.76. The van der Waals surface area contributed by atoms with Gasteiger partial charge in [-0.1, -0.05) is 6.42 Å². The zero-order chi connectivity index (χ0) is 9.14. The Morgan fingerprint density at radius 3 is 2.33 bits per heavy atom. The molecule has 0 aliphatic heterocycles. The molecule has 0 aromatic carbocycles. The Morgan fingerprint density at radius 2 is 2.08 bits per heavy atom. The lowest BCUT2D eigenvalue weighted by molar-refractivity contribution is -0.118. The van der Waals surface area contributed by atoms with Gasteiger partial charge in [-0.05, 0) is 39.8 Å². The van der Waals surface area contributed by atoms with Gasteiger partial charge in [0.25, 0.3) is 0 Å². The van der Waals surface area contributed by atoms with Gasteiger partial charge in [0.15, 0.2) is 0 Å². The summed E-state index contributed by atoms with van der Waals surface area (Å²) in [6.07, 6.45) is 4.72. The van der Waals surface area contributed by atoms with Gasteiger partial charge in [-0.25, -0.2) is 0 Å². The SMILES string of the molecule is CC(=O)CC(C1CCC1)N(C)C. The van der Waals surface area contributed by atoms with Crippen LogP contribution in [0, 0.1) is 5.92 Å². The zero-order valence-electron chi connectivity index (χ0n) is 8.34. The monoisotopic (exact) mass is 169 g/mol. The number of carbonyl (C=O) groups is 1. The Balaban J connectivity index is 2.42. The average molecular weight is 169 g/mol. The number of rotatable bonds is 4. The lowest BCUT2D eigenvalue weighted by atomic mass is 9.77. The Morgan fingerprint density at radius 1 is 1.50 bits per heavy atom. The summed E-state index contributed by atoms with van der Waals surface area (Å²) in [5, 5.41) is 0. The molecule has 2 nitrogen and oxygen atoms in total. The summed E-state index contributed by atoms with van der Waals surface area (Å²) < 4.78 is 0. The highest BCUT2D eigenvalue weighted by Gasteiger charge is 2.29. The van der Waals surface area contributed by atoms with Crippen LogP contribution in [-0.2, 0) is 4.79 Å². The Labute approximate surface area is 74.9 Å². The van der Waals surface area contributed by atoms with E-state index in [1.807, 2.05) is 0 Å². The fourth-order valence-corrected chi connectivity index (χ4v) is 1.89. The molecule has 12 heavy (non-hydrogen) atoms. The molecule has 1 aliphatic rings. The van der Waals surface area contributed by atoms with Gasteiger partial charge in [-0.3, -0.25) is 4.79 Å². The quantitative estimate of drug-likeness (QED) is 0.638. The van der Waals surface area contributed by atoms with Crippen molar-refractivity contribution >= 4 is 5.78 Å². The van der Waals surface area contributed by atoms with E-state index in [1.54, 1.807) is 6.92 Å². The fourth-order valence-electron chi connectivity index (χ4n) is 1.89. The molecule has 1 fully saturated rings. The van der Waals surface area contributed by atoms with Crippen molar-refractivity contribution in [2.45, 2.75) is 38.6 Å². The van der Waals surface area contributed by atoms with Gasteiger partial charge >= 0.3 is 0 Å². The molecule has 2 heteroatoms. The second-order valence-electron chi connectivity index (χ2n) is 4.13. The van der Waals surface area contributed by atoms with Crippen LogP contribution in [0.2, 0.25) is 0 Å². The second kappa shape index (κ2) is 4.04. The molecule has 0 saturated heterocycles. The molecule has 0 amide bonds. The molecule has 1 aliphatic carbocycles. The highest BCUT2D eigenvalue weighted by Crippen LogP contribution is 2.32. The first-order valence-electron chi connectivity index (χ1n) is 4.77. The van der Waals surface area contributed by atoms with Crippen LogP contribution >= 0.6 is 0 Å². The van der Waals surface area contributed by atoms with Crippen LogP contribution in [0.3, 0.4) is 0 Å². The summed E-state index contributed by atoms with van der Waals surface area (Å²) in [4.78, 5) is 13.2. The minimum atomic E-state index is 0.320. The largest absolute Gasteiger partial charge is 0.306 e. The maximum absolute atomic E-state index is 11.0. The van der Waals surface area contributed by atoms with E-state index in [9.17, 15) is 4.79 Å². The molecular formula is C10H19NO. The average Bonchev–Trinajstić information content (AvgIpc) is 1.80. The molecular weight excluding hydrogens is 150 g/mol. The van der Waals surface area contributed by atoms with E-state index < -0.39 is 0 Å². The van der Waals surface area contributed by atoms with Crippen LogP contribution in [0.15, 0.2) is 0 Å². The first-order chi connectivity index (χ1) is 5.61. The molecule has 0 heterocycles. The summed E-state index contributed by atoms with van der Waals surface area (Å²) in [6.45, 7) is 1.69. The van der Waals surface area contributed by atoms with Gasteiger partial charge in [0.1, 0.15) is 5.78 Å². The molecule has 0 radical (unpaired) electrons. The minimum Gasteiger partial charge on any atom is -0.306 e. The van der Waals surface area contributed by atoms with E-state index >= 15 is 0 Å². The van der Waals surface area contributed by atoms with Crippen LogP contribution in [0.5, 0.6) is 0 Å². The van der Waals surface area contributed by atoms with Crippen LogP contribution in [-0.4, -0.2) is 30.8 Å². The molecule has 0 N–H and O–H groups in total. The number of ketones is 1. The summed E-state index contributed by atoms with van der Waals surface area (Å²) in [5.74, 6) is 1.10. The highest BCUT2D eigenvalue weighted by atomic mass is 16.1. The van der Waals surface area contributed by atoms with E-state index in [-0.39, 0.29) is 0 Å². The second-order valence-corrected chi connectivity index (χ2v) is 4.13. The molecule has 1 rings (SSSR count). The Hall–Kier alpha value is -0.370. The molecule has 70 valence electrons. The predicted octanol–water partition coefficient (Wildman–Crippen LogP) is 1.70. The van der Waals surface area contributed by atoms with Gasteiger partial charge in [-0.2, -0.15) is 0 Å². The van der Waals surface area contributed by atoms with Gasteiger partial charge in [-0.15, -0.1) is 0 Å². The lowest BCUT2D eigenvalue weighted by Gasteiger charge is -2.37. The van der Waals surface area contributed by atoms with Gasteiger partial charge in [0.2, 0.25) is 0 Å². The molecule has 0 aromatic heterocycles. The zero-order valence-corrected chi connectivity index (χ0v) is 8.34. The van der Waals surface area contributed by atoms with Crippen LogP contribution in [0.25, 0.3) is 0 Å². The van der Waals surface area contributed by atoms with Crippen molar-refractivity contribution in [3.05, 3.63) is 0 Å². The van der Waals surface area contributed by atoms with Crippen LogP contribution < -0.4 is 0 Å². The Bertz CT molecular complexity index is 161. The molecule has 0 aromatic rings. The standard InChI is InChI=1S/C10H19NO/c1-8(12)7-10(11(2)3)9-5-4-6-9/h9-10H,4-7H2,1-3H3. The summed E-state index contributed by atoms with van der Waals surface area (Å²) in [5.41, 5.74) is 0. The van der Waals surface area contributed by atoms with E-state index in [1.165, 1.54) is 19.3 Å². The summed E-state index contributed by atoms with van der Waals surface area (Å²) >= 11 is 0. The first kappa shape index (κ1) is 9.72. The van der Waals surface area contributed by atoms with Crippen LogP contribution in [0.1, 0.15) is 32.6 Å². The summed E-state index contributed by atoms with van der Waals surface area (Å²) in [7, 11) is 4.15.